The minimum absolute atomic E-state index is 0.0532. The lowest BCUT2D eigenvalue weighted by Crippen LogP contribution is -2.41. The number of hydrogen-bond acceptors (Lipinski definition) is 3. The van der Waals surface area contributed by atoms with Crippen molar-refractivity contribution in [3.63, 3.8) is 0 Å². The highest BCUT2D eigenvalue weighted by Gasteiger charge is 2.32. The minimum atomic E-state index is -3.51. The van der Waals surface area contributed by atoms with E-state index in [2.05, 4.69) is 6.92 Å². The highest BCUT2D eigenvalue weighted by molar-refractivity contribution is 7.89. The Hall–Kier alpha value is -1.59. The van der Waals surface area contributed by atoms with Crippen LogP contribution in [0.2, 0.25) is 0 Å². The maximum absolute atomic E-state index is 13.3. The van der Waals surface area contributed by atoms with Crippen molar-refractivity contribution in [3.05, 3.63) is 36.4 Å². The number of unbranched alkanes of at least 4 members (excludes halogenated alkanes) is 2. The van der Waals surface area contributed by atoms with Crippen LogP contribution in [-0.4, -0.2) is 31.9 Å². The quantitative estimate of drug-likeness (QED) is 0.642. The molecule has 1 atom stereocenters. The number of benzene rings is 2. The number of fused-ring (bicyclic) bond motifs is 1. The van der Waals surface area contributed by atoms with E-state index in [1.54, 1.807) is 10.4 Å². The van der Waals surface area contributed by atoms with E-state index in [-0.39, 0.29) is 6.04 Å². The van der Waals surface area contributed by atoms with Gasteiger partial charge in [-0.3, -0.25) is 0 Å². The van der Waals surface area contributed by atoms with Crippen molar-refractivity contribution in [2.24, 2.45) is 0 Å². The second kappa shape index (κ2) is 8.40. The molecule has 0 saturated carbocycles. The Morgan fingerprint density at radius 2 is 1.85 bits per heavy atom. The third-order valence-corrected chi connectivity index (χ3v) is 7.25. The molecule has 142 valence electrons. The monoisotopic (exact) mass is 375 g/mol. The van der Waals surface area contributed by atoms with E-state index in [1.807, 2.05) is 37.3 Å². The molecule has 0 aliphatic carbocycles. The van der Waals surface area contributed by atoms with Crippen LogP contribution in [0.4, 0.5) is 0 Å². The van der Waals surface area contributed by atoms with Crippen LogP contribution in [0.15, 0.2) is 41.3 Å². The Morgan fingerprint density at radius 3 is 2.58 bits per heavy atom. The van der Waals surface area contributed by atoms with Gasteiger partial charge in [-0.2, -0.15) is 4.31 Å². The van der Waals surface area contributed by atoms with Gasteiger partial charge >= 0.3 is 0 Å². The molecule has 0 bridgehead atoms. The van der Waals surface area contributed by atoms with Crippen LogP contribution in [0, 0.1) is 0 Å². The maximum Gasteiger partial charge on any atom is 0.243 e. The molecule has 1 aliphatic heterocycles. The molecule has 5 heteroatoms. The molecular weight excluding hydrogens is 346 g/mol. The lowest BCUT2D eigenvalue weighted by atomic mass is 10.1. The van der Waals surface area contributed by atoms with Crippen molar-refractivity contribution in [1.29, 1.82) is 0 Å². The number of sulfonamides is 1. The molecular formula is C21H29NO3S. The van der Waals surface area contributed by atoms with Gasteiger partial charge in [0.05, 0.1) is 11.5 Å². The van der Waals surface area contributed by atoms with Crippen molar-refractivity contribution >= 4 is 20.8 Å². The summed E-state index contributed by atoms with van der Waals surface area (Å²) in [6, 6.07) is 11.2. The van der Waals surface area contributed by atoms with E-state index < -0.39 is 10.0 Å². The Kier molecular flexibility index (Phi) is 6.20. The number of nitrogens with zero attached hydrogens (tertiary/aromatic N) is 1. The number of piperidine rings is 1. The van der Waals surface area contributed by atoms with Crippen molar-refractivity contribution in [3.8, 4) is 5.75 Å². The van der Waals surface area contributed by atoms with Gasteiger partial charge in [-0.15, -0.1) is 0 Å². The lowest BCUT2D eigenvalue weighted by molar-refractivity contribution is 0.269. The van der Waals surface area contributed by atoms with Crippen LogP contribution < -0.4 is 4.74 Å². The second-order valence-electron chi connectivity index (χ2n) is 7.12. The summed E-state index contributed by atoms with van der Waals surface area (Å²) in [4.78, 5) is 0.391. The van der Waals surface area contributed by atoms with Crippen LogP contribution >= 0.6 is 0 Å². The van der Waals surface area contributed by atoms with Crippen LogP contribution in [-0.2, 0) is 10.0 Å². The number of ether oxygens (including phenoxy) is 1. The summed E-state index contributed by atoms with van der Waals surface area (Å²) in [5.74, 6) is 0.766. The van der Waals surface area contributed by atoms with Crippen LogP contribution in [0.25, 0.3) is 10.8 Å². The predicted octanol–water partition coefficient (Wildman–Crippen LogP) is 4.97. The molecule has 3 rings (SSSR count). The third-order valence-electron chi connectivity index (χ3n) is 5.18. The zero-order valence-electron chi connectivity index (χ0n) is 15.8. The average molecular weight is 376 g/mol. The minimum Gasteiger partial charge on any atom is -0.493 e. The normalized spacial score (nSPS) is 18.9. The summed E-state index contributed by atoms with van der Waals surface area (Å²) in [5, 5.41) is 1.62. The van der Waals surface area contributed by atoms with Crippen molar-refractivity contribution in [1.82, 2.24) is 4.31 Å². The maximum atomic E-state index is 13.3. The molecule has 1 aliphatic rings. The molecule has 2 aromatic rings. The fourth-order valence-corrected chi connectivity index (χ4v) is 5.58. The summed E-state index contributed by atoms with van der Waals surface area (Å²) in [7, 11) is -3.51. The highest BCUT2D eigenvalue weighted by atomic mass is 32.2. The number of rotatable bonds is 7. The average Bonchev–Trinajstić information content (AvgIpc) is 2.65. The van der Waals surface area contributed by atoms with E-state index in [9.17, 15) is 8.42 Å². The molecule has 0 N–H and O–H groups in total. The van der Waals surface area contributed by atoms with E-state index in [1.165, 1.54) is 0 Å². The first-order valence-corrected chi connectivity index (χ1v) is 11.2. The zero-order valence-corrected chi connectivity index (χ0v) is 16.6. The standard InChI is InChI=1S/C21H29NO3S/c1-3-4-9-16-25-20-13-14-21(19-12-6-5-11-18(19)20)26(23,24)22-15-8-7-10-17(22)2/h5-6,11-14,17H,3-4,7-10,15-16H2,1-2H3. The Balaban J connectivity index is 1.97. The Morgan fingerprint density at radius 1 is 1.08 bits per heavy atom. The first-order chi connectivity index (χ1) is 12.6. The van der Waals surface area contributed by atoms with E-state index >= 15 is 0 Å². The fourth-order valence-electron chi connectivity index (χ4n) is 3.68. The summed E-state index contributed by atoms with van der Waals surface area (Å²) in [6.45, 7) is 5.43. The predicted molar refractivity (Wildman–Crippen MR) is 106 cm³/mol. The Bertz CT molecular complexity index is 847. The summed E-state index contributed by atoms with van der Waals surface area (Å²) < 4.78 is 34.2. The molecule has 1 heterocycles. The largest absolute Gasteiger partial charge is 0.493 e. The molecule has 0 spiro atoms. The highest BCUT2D eigenvalue weighted by Crippen LogP contribution is 2.34. The van der Waals surface area contributed by atoms with E-state index in [0.29, 0.717) is 18.0 Å². The van der Waals surface area contributed by atoms with Gasteiger partial charge in [-0.25, -0.2) is 8.42 Å². The summed E-state index contributed by atoms with van der Waals surface area (Å²) in [5.41, 5.74) is 0. The third kappa shape index (κ3) is 3.89. The first-order valence-electron chi connectivity index (χ1n) is 9.72. The number of hydrogen-bond donors (Lipinski definition) is 0. The zero-order chi connectivity index (χ0) is 18.6. The molecule has 1 fully saturated rings. The molecule has 0 amide bonds. The van der Waals surface area contributed by atoms with Crippen LogP contribution in [0.1, 0.15) is 52.4 Å². The van der Waals surface area contributed by atoms with Crippen molar-refractivity contribution < 1.29 is 13.2 Å². The van der Waals surface area contributed by atoms with E-state index in [4.69, 9.17) is 4.74 Å². The van der Waals surface area contributed by atoms with Gasteiger partial charge in [0.2, 0.25) is 10.0 Å². The molecule has 0 aromatic heterocycles. The topological polar surface area (TPSA) is 46.6 Å². The summed E-state index contributed by atoms with van der Waals surface area (Å²) >= 11 is 0. The van der Waals surface area contributed by atoms with Crippen LogP contribution in [0.5, 0.6) is 5.75 Å². The van der Waals surface area contributed by atoms with Gasteiger partial charge in [0.1, 0.15) is 5.75 Å². The van der Waals surface area contributed by atoms with Gasteiger partial charge in [0.25, 0.3) is 0 Å². The Labute approximate surface area is 157 Å². The van der Waals surface area contributed by atoms with Crippen LogP contribution in [0.3, 0.4) is 0 Å². The van der Waals surface area contributed by atoms with Gasteiger partial charge < -0.3 is 4.74 Å². The van der Waals surface area contributed by atoms with Crippen molar-refractivity contribution in [2.75, 3.05) is 13.2 Å². The lowest BCUT2D eigenvalue weighted by Gasteiger charge is -2.32. The smallest absolute Gasteiger partial charge is 0.243 e. The van der Waals surface area contributed by atoms with Gasteiger partial charge in [-0.05, 0) is 38.3 Å². The second-order valence-corrected chi connectivity index (χ2v) is 8.98. The molecule has 0 radical (unpaired) electrons. The van der Waals surface area contributed by atoms with Gasteiger partial charge in [0.15, 0.2) is 0 Å². The molecule has 1 unspecified atom stereocenters. The molecule has 1 saturated heterocycles. The fraction of sp³-hybridized carbons (Fsp3) is 0.524. The molecule has 26 heavy (non-hydrogen) atoms. The first kappa shape index (κ1) is 19.2. The SMILES string of the molecule is CCCCCOc1ccc(S(=O)(=O)N2CCCCC2C)c2ccccc12. The van der Waals surface area contributed by atoms with Gasteiger partial charge in [0, 0.05) is 23.4 Å². The summed E-state index contributed by atoms with van der Waals surface area (Å²) in [6.07, 6.45) is 6.25. The van der Waals surface area contributed by atoms with E-state index in [0.717, 1.165) is 55.0 Å². The molecule has 4 nitrogen and oxygen atoms in total. The molecule has 2 aromatic carbocycles. The van der Waals surface area contributed by atoms with Gasteiger partial charge in [-0.1, -0.05) is 50.5 Å². The van der Waals surface area contributed by atoms with Crippen molar-refractivity contribution in [2.45, 2.75) is 63.3 Å².